The summed E-state index contributed by atoms with van der Waals surface area (Å²) >= 11 is 1.21. The Kier molecular flexibility index (Phi) is 5.59. The topological polar surface area (TPSA) is 106 Å². The molecule has 2 N–H and O–H groups in total. The number of hydrogen-bond acceptors (Lipinski definition) is 7. The smallest absolute Gasteiger partial charge is 0.345 e. The summed E-state index contributed by atoms with van der Waals surface area (Å²) in [5.41, 5.74) is 1.73. The molecular formula is C23H20FN5O3S. The number of fused-ring (bicyclic) bond motifs is 1. The van der Waals surface area contributed by atoms with Crippen molar-refractivity contribution in [3.8, 4) is 11.4 Å². The number of rotatable bonds is 7. The monoisotopic (exact) mass is 465 g/mol. The van der Waals surface area contributed by atoms with Crippen LogP contribution in [0.2, 0.25) is 0 Å². The van der Waals surface area contributed by atoms with Crippen molar-refractivity contribution in [2.45, 2.75) is 24.0 Å². The van der Waals surface area contributed by atoms with E-state index in [2.05, 4.69) is 20.2 Å². The van der Waals surface area contributed by atoms with Crippen molar-refractivity contribution < 1.29 is 19.0 Å². The number of aromatic nitrogens is 5. The third kappa shape index (κ3) is 4.09. The summed E-state index contributed by atoms with van der Waals surface area (Å²) < 4.78 is 21.2. The molecule has 10 heteroatoms. The molecule has 0 unspecified atom stereocenters. The number of ether oxygens (including phenoxy) is 1. The van der Waals surface area contributed by atoms with Crippen LogP contribution in [0.3, 0.4) is 0 Å². The van der Waals surface area contributed by atoms with Gasteiger partial charge in [0, 0.05) is 6.04 Å². The number of nitrogens with one attached hydrogen (secondary N) is 1. The van der Waals surface area contributed by atoms with Gasteiger partial charge in [0.25, 0.3) is 0 Å². The minimum atomic E-state index is -0.706. The Balaban J connectivity index is 1.47. The first-order chi connectivity index (χ1) is 16.1. The zero-order chi connectivity index (χ0) is 22.9. The van der Waals surface area contributed by atoms with Crippen LogP contribution in [-0.4, -0.2) is 48.7 Å². The van der Waals surface area contributed by atoms with Crippen molar-refractivity contribution >= 4 is 34.3 Å². The van der Waals surface area contributed by atoms with Crippen molar-refractivity contribution in [2.75, 3.05) is 12.9 Å². The minimum absolute atomic E-state index is 0.0314. The van der Waals surface area contributed by atoms with Crippen LogP contribution in [0.1, 0.15) is 24.7 Å². The molecule has 1 fully saturated rings. The molecule has 1 aliphatic carbocycles. The molecule has 0 amide bonds. The number of hydrogen-bond donors (Lipinski definition) is 2. The van der Waals surface area contributed by atoms with Gasteiger partial charge in [-0.2, -0.15) is 0 Å². The Bertz CT molecular complexity index is 1340. The number of esters is 1. The molecule has 2 aromatic carbocycles. The van der Waals surface area contributed by atoms with Crippen LogP contribution in [0.25, 0.3) is 28.0 Å². The molecular weight excluding hydrogens is 445 g/mol. The van der Waals surface area contributed by atoms with Crippen molar-refractivity contribution in [1.82, 2.24) is 24.7 Å². The number of aromatic amines is 1. The number of halogens is 1. The Labute approximate surface area is 192 Å². The number of thioether (sulfide) groups is 1. The summed E-state index contributed by atoms with van der Waals surface area (Å²) in [6, 6.07) is 13.9. The highest BCUT2D eigenvalue weighted by Crippen LogP contribution is 2.41. The van der Waals surface area contributed by atoms with Gasteiger partial charge in [-0.1, -0.05) is 36.0 Å². The summed E-state index contributed by atoms with van der Waals surface area (Å²) in [7, 11) is 1.25. The molecule has 8 nitrogen and oxygen atoms in total. The molecule has 0 spiro atoms. The molecule has 168 valence electrons. The maximum absolute atomic E-state index is 14.4. The van der Waals surface area contributed by atoms with Gasteiger partial charge in [0.15, 0.2) is 11.0 Å². The molecule has 4 aromatic rings. The summed E-state index contributed by atoms with van der Waals surface area (Å²) in [5, 5.41) is 19.8. The van der Waals surface area contributed by atoms with E-state index in [1.165, 1.54) is 24.9 Å². The highest BCUT2D eigenvalue weighted by atomic mass is 32.2. The van der Waals surface area contributed by atoms with E-state index in [9.17, 15) is 14.3 Å². The SMILES string of the molecule is COC(=O)/C(=C(/O)CSc1nnc(-c2ccccc2F)n1C1CC1)c1nc2ccccc2[nH]1. The van der Waals surface area contributed by atoms with Crippen LogP contribution in [0, 0.1) is 5.82 Å². The molecule has 5 rings (SSSR count). The molecule has 0 atom stereocenters. The van der Waals surface area contributed by atoms with E-state index in [0.717, 1.165) is 18.4 Å². The standard InChI is InChI=1S/C23H20FN5O3S/c1-32-22(31)19(20-25-16-8-4-5-9-17(16)26-20)18(30)12-33-23-28-27-21(29(23)13-10-11-13)14-6-2-3-7-15(14)24/h2-9,13,30H,10-12H2,1H3,(H,25,26)/b19-18+. The van der Waals surface area contributed by atoms with Crippen LogP contribution in [-0.2, 0) is 9.53 Å². The van der Waals surface area contributed by atoms with Gasteiger partial charge in [0.05, 0.1) is 29.5 Å². The van der Waals surface area contributed by atoms with Crippen molar-refractivity contribution in [3.63, 3.8) is 0 Å². The van der Waals surface area contributed by atoms with Gasteiger partial charge in [-0.3, -0.25) is 4.57 Å². The molecule has 1 saturated carbocycles. The number of H-pyrrole nitrogens is 1. The lowest BCUT2D eigenvalue weighted by Gasteiger charge is -2.10. The maximum atomic E-state index is 14.4. The number of imidazole rings is 1. The fourth-order valence-electron chi connectivity index (χ4n) is 3.59. The summed E-state index contributed by atoms with van der Waals surface area (Å²) in [6.07, 6.45) is 1.89. The number of benzene rings is 2. The second kappa shape index (κ2) is 8.70. The number of carbonyl (C=O) groups excluding carboxylic acids is 1. The van der Waals surface area contributed by atoms with E-state index >= 15 is 0 Å². The van der Waals surface area contributed by atoms with Crippen LogP contribution >= 0.6 is 11.8 Å². The average molecular weight is 466 g/mol. The molecule has 2 aromatic heterocycles. The van der Waals surface area contributed by atoms with E-state index < -0.39 is 5.97 Å². The van der Waals surface area contributed by atoms with Gasteiger partial charge >= 0.3 is 5.97 Å². The fourth-order valence-corrected chi connectivity index (χ4v) is 4.48. The lowest BCUT2D eigenvalue weighted by atomic mass is 10.2. The minimum Gasteiger partial charge on any atom is -0.510 e. The molecule has 0 saturated heterocycles. The Hall–Kier alpha value is -3.66. The lowest BCUT2D eigenvalue weighted by Crippen LogP contribution is -2.10. The number of aliphatic hydroxyl groups excluding tert-OH is 1. The third-order valence-electron chi connectivity index (χ3n) is 5.33. The summed E-state index contributed by atoms with van der Waals surface area (Å²) in [4.78, 5) is 19.9. The molecule has 0 aliphatic heterocycles. The number of para-hydroxylation sites is 2. The lowest BCUT2D eigenvalue weighted by molar-refractivity contribution is -0.133. The Morgan fingerprint density at radius 1 is 1.21 bits per heavy atom. The van der Waals surface area contributed by atoms with Crippen molar-refractivity contribution in [3.05, 3.63) is 65.9 Å². The average Bonchev–Trinajstić information content (AvgIpc) is 3.43. The molecule has 1 aliphatic rings. The summed E-state index contributed by atoms with van der Waals surface area (Å²) in [6.45, 7) is 0. The Morgan fingerprint density at radius 2 is 1.97 bits per heavy atom. The quantitative estimate of drug-likeness (QED) is 0.179. The first kappa shape index (κ1) is 21.2. The predicted molar refractivity (Wildman–Crippen MR) is 122 cm³/mol. The van der Waals surface area contributed by atoms with E-state index in [4.69, 9.17) is 4.74 Å². The Morgan fingerprint density at radius 3 is 2.70 bits per heavy atom. The molecule has 2 heterocycles. The fraction of sp³-hybridized carbons (Fsp3) is 0.217. The van der Waals surface area contributed by atoms with E-state index in [1.807, 2.05) is 22.8 Å². The number of aliphatic hydroxyl groups is 1. The second-order valence-electron chi connectivity index (χ2n) is 7.59. The van der Waals surface area contributed by atoms with Crippen LogP contribution in [0.5, 0.6) is 0 Å². The predicted octanol–water partition coefficient (Wildman–Crippen LogP) is 4.53. The number of methoxy groups -OCH3 is 1. The first-order valence-corrected chi connectivity index (χ1v) is 11.3. The van der Waals surface area contributed by atoms with Crippen LogP contribution in [0.15, 0.2) is 59.4 Å². The van der Waals surface area contributed by atoms with E-state index in [-0.39, 0.29) is 34.8 Å². The molecule has 0 radical (unpaired) electrons. The van der Waals surface area contributed by atoms with E-state index in [0.29, 0.717) is 22.1 Å². The van der Waals surface area contributed by atoms with Gasteiger partial charge in [-0.05, 0) is 37.1 Å². The number of carbonyl (C=O) groups is 1. The largest absolute Gasteiger partial charge is 0.510 e. The highest BCUT2D eigenvalue weighted by molar-refractivity contribution is 7.99. The zero-order valence-corrected chi connectivity index (χ0v) is 18.5. The van der Waals surface area contributed by atoms with Crippen LogP contribution < -0.4 is 0 Å². The maximum Gasteiger partial charge on any atom is 0.345 e. The zero-order valence-electron chi connectivity index (χ0n) is 17.7. The van der Waals surface area contributed by atoms with Crippen molar-refractivity contribution in [2.24, 2.45) is 0 Å². The van der Waals surface area contributed by atoms with E-state index in [1.54, 1.807) is 24.3 Å². The second-order valence-corrected chi connectivity index (χ2v) is 8.53. The molecule has 0 bridgehead atoms. The van der Waals surface area contributed by atoms with Gasteiger partial charge in [0.1, 0.15) is 23.0 Å². The normalized spacial score (nSPS) is 14.4. The highest BCUT2D eigenvalue weighted by Gasteiger charge is 2.31. The summed E-state index contributed by atoms with van der Waals surface area (Å²) in [5.74, 6) is -0.580. The van der Waals surface area contributed by atoms with Gasteiger partial charge in [-0.15, -0.1) is 10.2 Å². The van der Waals surface area contributed by atoms with Gasteiger partial charge in [0.2, 0.25) is 0 Å². The third-order valence-corrected chi connectivity index (χ3v) is 6.29. The van der Waals surface area contributed by atoms with Gasteiger partial charge in [-0.25, -0.2) is 14.2 Å². The first-order valence-electron chi connectivity index (χ1n) is 10.3. The van der Waals surface area contributed by atoms with Crippen LogP contribution in [0.4, 0.5) is 4.39 Å². The number of nitrogens with zero attached hydrogens (tertiary/aromatic N) is 4. The van der Waals surface area contributed by atoms with Gasteiger partial charge < -0.3 is 14.8 Å². The van der Waals surface area contributed by atoms with Crippen molar-refractivity contribution in [1.29, 1.82) is 0 Å². The molecule has 33 heavy (non-hydrogen) atoms.